The molecule has 1 aromatic heterocycles. The van der Waals surface area contributed by atoms with E-state index in [1.54, 1.807) is 37.6 Å². The van der Waals surface area contributed by atoms with Gasteiger partial charge in [-0.25, -0.2) is 14.6 Å². The lowest BCUT2D eigenvalue weighted by Crippen LogP contribution is -2.53. The number of H-pyrrole nitrogens is 1. The Balaban J connectivity index is 2.02. The molecule has 0 radical (unpaired) electrons. The molecule has 0 saturated carbocycles. The summed E-state index contributed by atoms with van der Waals surface area (Å²) in [5.74, 6) is 0.648. The standard InChI is InChI=1S/C21H28N4O5/c1-12(2)17(20(26)30-5)24-21(27)25-9-8-15-18(23-11-22-15)19(25)14-10-13(28-3)6-7-16(14)29-4/h6-7,10-12,17,19H,8-9H2,1-5H3,(H,22,23)(H,24,27)/t17-,19-/m1/s1. The Morgan fingerprint density at radius 2 is 2.00 bits per heavy atom. The molecule has 1 aliphatic rings. The lowest BCUT2D eigenvalue weighted by Gasteiger charge is -2.37. The lowest BCUT2D eigenvalue weighted by atomic mass is 9.94. The van der Waals surface area contributed by atoms with Gasteiger partial charge in [-0.1, -0.05) is 13.8 Å². The van der Waals surface area contributed by atoms with Crippen molar-refractivity contribution in [1.82, 2.24) is 20.2 Å². The average molecular weight is 416 g/mol. The molecule has 1 aromatic carbocycles. The molecular formula is C21H28N4O5. The van der Waals surface area contributed by atoms with E-state index in [0.29, 0.717) is 24.5 Å². The SMILES string of the molecule is COC(=O)[C@H](NC(=O)N1CCc2[nH]cnc2[C@H]1c1cc(OC)ccc1OC)C(C)C. The summed E-state index contributed by atoms with van der Waals surface area (Å²) in [5.41, 5.74) is 2.45. The maximum Gasteiger partial charge on any atom is 0.328 e. The second-order valence-corrected chi connectivity index (χ2v) is 7.41. The van der Waals surface area contributed by atoms with Gasteiger partial charge in [-0.3, -0.25) is 0 Å². The highest BCUT2D eigenvalue weighted by Crippen LogP contribution is 2.39. The summed E-state index contributed by atoms with van der Waals surface area (Å²) in [6.07, 6.45) is 2.24. The number of fused-ring (bicyclic) bond motifs is 1. The molecule has 9 heteroatoms. The molecule has 2 aromatic rings. The summed E-state index contributed by atoms with van der Waals surface area (Å²) in [4.78, 5) is 34.8. The predicted molar refractivity (Wildman–Crippen MR) is 110 cm³/mol. The van der Waals surface area contributed by atoms with E-state index in [1.807, 2.05) is 19.9 Å². The first-order chi connectivity index (χ1) is 14.4. The molecule has 0 spiro atoms. The van der Waals surface area contributed by atoms with Crippen molar-refractivity contribution in [3.05, 3.63) is 41.5 Å². The number of urea groups is 1. The molecule has 3 rings (SSSR count). The zero-order valence-electron chi connectivity index (χ0n) is 17.9. The van der Waals surface area contributed by atoms with Crippen molar-refractivity contribution >= 4 is 12.0 Å². The fraction of sp³-hybridized carbons (Fsp3) is 0.476. The van der Waals surface area contributed by atoms with Crippen LogP contribution in [0.1, 0.15) is 36.8 Å². The van der Waals surface area contributed by atoms with Crippen LogP contribution in [0.25, 0.3) is 0 Å². The van der Waals surface area contributed by atoms with Crippen molar-refractivity contribution in [1.29, 1.82) is 0 Å². The van der Waals surface area contributed by atoms with Gasteiger partial charge in [0.05, 0.1) is 33.4 Å². The van der Waals surface area contributed by atoms with Crippen molar-refractivity contribution in [2.45, 2.75) is 32.4 Å². The van der Waals surface area contributed by atoms with Gasteiger partial charge < -0.3 is 29.4 Å². The lowest BCUT2D eigenvalue weighted by molar-refractivity contribution is -0.144. The number of rotatable bonds is 6. The first-order valence-corrected chi connectivity index (χ1v) is 9.80. The van der Waals surface area contributed by atoms with E-state index in [4.69, 9.17) is 14.2 Å². The van der Waals surface area contributed by atoms with Gasteiger partial charge in [-0.15, -0.1) is 0 Å². The van der Waals surface area contributed by atoms with E-state index in [2.05, 4.69) is 15.3 Å². The van der Waals surface area contributed by atoms with Crippen LogP contribution in [-0.2, 0) is 16.0 Å². The predicted octanol–water partition coefficient (Wildman–Crippen LogP) is 2.28. The third kappa shape index (κ3) is 4.05. The van der Waals surface area contributed by atoms with Crippen LogP contribution in [0.15, 0.2) is 24.5 Å². The van der Waals surface area contributed by atoms with Gasteiger partial charge in [-0.2, -0.15) is 0 Å². The van der Waals surface area contributed by atoms with Crippen molar-refractivity contribution in [3.8, 4) is 11.5 Å². The number of hydrogen-bond donors (Lipinski definition) is 2. The maximum atomic E-state index is 13.3. The Hall–Kier alpha value is -3.23. The van der Waals surface area contributed by atoms with E-state index in [9.17, 15) is 9.59 Å². The highest BCUT2D eigenvalue weighted by atomic mass is 16.5. The summed E-state index contributed by atoms with van der Waals surface area (Å²) in [5, 5.41) is 2.83. The highest BCUT2D eigenvalue weighted by Gasteiger charge is 2.38. The van der Waals surface area contributed by atoms with Crippen molar-refractivity contribution in [2.24, 2.45) is 5.92 Å². The molecule has 30 heavy (non-hydrogen) atoms. The molecule has 1 aliphatic heterocycles. The first kappa shape index (κ1) is 21.5. The zero-order valence-corrected chi connectivity index (χ0v) is 17.9. The molecule has 2 heterocycles. The second-order valence-electron chi connectivity index (χ2n) is 7.41. The van der Waals surface area contributed by atoms with Gasteiger partial charge in [0.2, 0.25) is 0 Å². The number of amides is 2. The monoisotopic (exact) mass is 416 g/mol. The number of imidazole rings is 1. The number of hydrogen-bond acceptors (Lipinski definition) is 6. The summed E-state index contributed by atoms with van der Waals surface area (Å²) in [6.45, 7) is 4.15. The van der Waals surface area contributed by atoms with Gasteiger partial charge in [0.1, 0.15) is 23.6 Å². The number of ether oxygens (including phenoxy) is 3. The summed E-state index contributed by atoms with van der Waals surface area (Å²) in [7, 11) is 4.47. The fourth-order valence-electron chi connectivity index (χ4n) is 3.70. The maximum absolute atomic E-state index is 13.3. The van der Waals surface area contributed by atoms with Gasteiger partial charge in [0.15, 0.2) is 0 Å². The molecule has 2 atom stereocenters. The molecular weight excluding hydrogens is 388 g/mol. The normalized spacial score (nSPS) is 16.6. The van der Waals surface area contributed by atoms with Crippen molar-refractivity contribution < 1.29 is 23.8 Å². The van der Waals surface area contributed by atoms with E-state index in [1.165, 1.54) is 7.11 Å². The Bertz CT molecular complexity index is 911. The smallest absolute Gasteiger partial charge is 0.328 e. The van der Waals surface area contributed by atoms with Crippen molar-refractivity contribution in [3.63, 3.8) is 0 Å². The molecule has 2 N–H and O–H groups in total. The first-order valence-electron chi connectivity index (χ1n) is 9.80. The van der Waals surface area contributed by atoms with Crippen molar-refractivity contribution in [2.75, 3.05) is 27.9 Å². The number of methoxy groups -OCH3 is 3. The fourth-order valence-corrected chi connectivity index (χ4v) is 3.70. The number of nitrogens with zero attached hydrogens (tertiary/aromatic N) is 2. The topological polar surface area (TPSA) is 106 Å². The third-order valence-corrected chi connectivity index (χ3v) is 5.32. The summed E-state index contributed by atoms with van der Waals surface area (Å²) < 4.78 is 15.8. The molecule has 2 amide bonds. The number of aromatic nitrogens is 2. The number of carbonyl (C=O) groups excluding carboxylic acids is 2. The average Bonchev–Trinajstić information content (AvgIpc) is 3.24. The minimum atomic E-state index is -0.754. The van der Waals surface area contributed by atoms with Crippen LogP contribution in [-0.4, -0.2) is 60.8 Å². The molecule has 0 aliphatic carbocycles. The molecule has 0 saturated heterocycles. The number of nitrogens with one attached hydrogen (secondary N) is 2. The Morgan fingerprint density at radius 1 is 1.23 bits per heavy atom. The van der Waals surface area contributed by atoms with Gasteiger partial charge in [0, 0.05) is 24.2 Å². The molecule has 0 fully saturated rings. The van der Waals surface area contributed by atoms with E-state index in [0.717, 1.165) is 17.0 Å². The van der Waals surface area contributed by atoms with E-state index in [-0.39, 0.29) is 11.9 Å². The minimum Gasteiger partial charge on any atom is -0.497 e. The zero-order chi connectivity index (χ0) is 21.8. The van der Waals surface area contributed by atoms with Gasteiger partial charge >= 0.3 is 12.0 Å². The van der Waals surface area contributed by atoms with Gasteiger partial charge in [0.25, 0.3) is 0 Å². The quantitative estimate of drug-likeness (QED) is 0.700. The second kappa shape index (κ2) is 9.06. The number of aromatic amines is 1. The largest absolute Gasteiger partial charge is 0.497 e. The van der Waals surface area contributed by atoms with E-state index < -0.39 is 18.1 Å². The minimum absolute atomic E-state index is 0.128. The molecule has 0 bridgehead atoms. The number of benzene rings is 1. The molecule has 9 nitrogen and oxygen atoms in total. The Kier molecular flexibility index (Phi) is 6.49. The van der Waals surface area contributed by atoms with Crippen LogP contribution >= 0.6 is 0 Å². The number of esters is 1. The van der Waals surface area contributed by atoms with Crippen LogP contribution in [0.3, 0.4) is 0 Å². The van der Waals surface area contributed by atoms with Crippen LogP contribution < -0.4 is 14.8 Å². The van der Waals surface area contributed by atoms with E-state index >= 15 is 0 Å². The molecule has 0 unspecified atom stereocenters. The van der Waals surface area contributed by atoms with Crippen LogP contribution in [0.5, 0.6) is 11.5 Å². The highest BCUT2D eigenvalue weighted by molar-refractivity contribution is 5.84. The van der Waals surface area contributed by atoms with Crippen LogP contribution in [0.4, 0.5) is 4.79 Å². The summed E-state index contributed by atoms with van der Waals surface area (Å²) in [6, 6.07) is 3.81. The third-order valence-electron chi connectivity index (χ3n) is 5.32. The number of carbonyl (C=O) groups is 2. The summed E-state index contributed by atoms with van der Waals surface area (Å²) >= 11 is 0. The van der Waals surface area contributed by atoms with Crippen LogP contribution in [0.2, 0.25) is 0 Å². The Labute approximate surface area is 175 Å². The molecule has 162 valence electrons. The Morgan fingerprint density at radius 3 is 2.63 bits per heavy atom. The van der Waals surface area contributed by atoms with Crippen LogP contribution in [0, 0.1) is 5.92 Å². The van der Waals surface area contributed by atoms with Gasteiger partial charge in [-0.05, 0) is 24.1 Å².